The molecule has 0 spiro atoms. The van der Waals surface area contributed by atoms with Gasteiger partial charge in [0.05, 0.1) is 0 Å². The zero-order chi connectivity index (χ0) is 14.2. The van der Waals surface area contributed by atoms with Crippen LogP contribution in [0.15, 0.2) is 59.8 Å². The summed E-state index contributed by atoms with van der Waals surface area (Å²) in [5, 5.41) is 4.09. The third-order valence-electron chi connectivity index (χ3n) is 2.86. The Labute approximate surface area is 118 Å². The molecule has 0 atom stereocenters. The number of benzene rings is 1. The number of carbonyl (C=O) groups is 1. The van der Waals surface area contributed by atoms with Gasteiger partial charge < -0.3 is 0 Å². The zero-order valence-electron chi connectivity index (χ0n) is 11.4. The number of nitrogens with zero attached hydrogens (tertiary/aromatic N) is 2. The quantitative estimate of drug-likeness (QED) is 0.669. The molecule has 0 aliphatic rings. The van der Waals surface area contributed by atoms with Gasteiger partial charge in [-0.25, -0.2) is 5.43 Å². The lowest BCUT2D eigenvalue weighted by molar-refractivity contribution is 0.0949. The number of hydrogen-bond acceptors (Lipinski definition) is 3. The highest BCUT2D eigenvalue weighted by Crippen LogP contribution is 2.03. The lowest BCUT2D eigenvalue weighted by Crippen LogP contribution is -2.20. The Morgan fingerprint density at radius 2 is 1.90 bits per heavy atom. The van der Waals surface area contributed by atoms with Gasteiger partial charge in [-0.3, -0.25) is 9.78 Å². The minimum absolute atomic E-state index is 0.287. The molecule has 1 heterocycles. The number of nitrogens with one attached hydrogen (secondary N) is 1. The number of rotatable bonds is 5. The summed E-state index contributed by atoms with van der Waals surface area (Å²) < 4.78 is 0. The van der Waals surface area contributed by atoms with E-state index < -0.39 is 0 Å². The van der Waals surface area contributed by atoms with E-state index in [-0.39, 0.29) is 5.91 Å². The summed E-state index contributed by atoms with van der Waals surface area (Å²) in [5.74, 6) is -0.287. The molecule has 0 aliphatic heterocycles. The third-order valence-corrected chi connectivity index (χ3v) is 2.86. The molecule has 4 nitrogen and oxygen atoms in total. The van der Waals surface area contributed by atoms with Crippen molar-refractivity contribution in [3.8, 4) is 0 Å². The molecule has 0 bridgehead atoms. The van der Waals surface area contributed by atoms with E-state index in [1.165, 1.54) is 5.56 Å². The number of hydrogen-bond donors (Lipinski definition) is 1. The summed E-state index contributed by atoms with van der Waals surface area (Å²) in [6.45, 7) is 1.90. The molecular formula is C16H17N3O. The van der Waals surface area contributed by atoms with Gasteiger partial charge in [0, 0.05) is 11.9 Å². The van der Waals surface area contributed by atoms with E-state index >= 15 is 0 Å². The van der Waals surface area contributed by atoms with Crippen molar-refractivity contribution in [1.29, 1.82) is 0 Å². The first-order valence-corrected chi connectivity index (χ1v) is 6.54. The molecule has 0 unspecified atom stereocenters. The normalized spacial score (nSPS) is 11.2. The molecule has 4 heteroatoms. The van der Waals surface area contributed by atoms with Crippen molar-refractivity contribution in [3.05, 3.63) is 66.0 Å². The van der Waals surface area contributed by atoms with Crippen LogP contribution in [0.2, 0.25) is 0 Å². The van der Waals surface area contributed by atoms with Crippen LogP contribution in [-0.4, -0.2) is 16.6 Å². The molecular weight excluding hydrogens is 250 g/mol. The molecule has 1 amide bonds. The van der Waals surface area contributed by atoms with E-state index in [9.17, 15) is 4.79 Å². The molecule has 0 saturated heterocycles. The Hall–Kier alpha value is -2.49. The summed E-state index contributed by atoms with van der Waals surface area (Å²) >= 11 is 0. The average Bonchev–Trinajstić information content (AvgIpc) is 2.52. The van der Waals surface area contributed by atoms with Crippen LogP contribution in [0.3, 0.4) is 0 Å². The van der Waals surface area contributed by atoms with Gasteiger partial charge >= 0.3 is 0 Å². The van der Waals surface area contributed by atoms with Crippen LogP contribution in [-0.2, 0) is 6.42 Å². The maximum Gasteiger partial charge on any atom is 0.289 e. The van der Waals surface area contributed by atoms with E-state index in [4.69, 9.17) is 0 Å². The summed E-state index contributed by atoms with van der Waals surface area (Å²) in [5.41, 5.74) is 5.04. The summed E-state index contributed by atoms with van der Waals surface area (Å²) in [4.78, 5) is 15.7. The summed E-state index contributed by atoms with van der Waals surface area (Å²) in [6.07, 6.45) is 3.31. The van der Waals surface area contributed by atoms with Crippen LogP contribution in [0.25, 0.3) is 0 Å². The SMILES string of the molecule is CC(CCc1ccccc1)=NNC(=O)c1ccccn1. The Morgan fingerprint density at radius 1 is 1.15 bits per heavy atom. The van der Waals surface area contributed by atoms with Crippen LogP contribution in [0, 0.1) is 0 Å². The molecule has 1 aromatic carbocycles. The van der Waals surface area contributed by atoms with Gasteiger partial charge in [-0.15, -0.1) is 0 Å². The molecule has 20 heavy (non-hydrogen) atoms. The Kier molecular flexibility index (Phi) is 5.00. The predicted molar refractivity (Wildman–Crippen MR) is 79.6 cm³/mol. The van der Waals surface area contributed by atoms with E-state index in [0.717, 1.165) is 18.6 Å². The fraction of sp³-hybridized carbons (Fsp3) is 0.188. The fourth-order valence-electron chi connectivity index (χ4n) is 1.73. The lowest BCUT2D eigenvalue weighted by atomic mass is 10.1. The van der Waals surface area contributed by atoms with Crippen LogP contribution < -0.4 is 5.43 Å². The number of aromatic nitrogens is 1. The van der Waals surface area contributed by atoms with Crippen molar-refractivity contribution in [1.82, 2.24) is 10.4 Å². The van der Waals surface area contributed by atoms with Crippen LogP contribution in [0.1, 0.15) is 29.4 Å². The fourth-order valence-corrected chi connectivity index (χ4v) is 1.73. The zero-order valence-corrected chi connectivity index (χ0v) is 11.4. The standard InChI is InChI=1S/C16H17N3O/c1-13(10-11-14-7-3-2-4-8-14)18-19-16(20)15-9-5-6-12-17-15/h2-9,12H,10-11H2,1H3,(H,19,20). The van der Waals surface area contributed by atoms with Crippen molar-refractivity contribution in [2.45, 2.75) is 19.8 Å². The highest BCUT2D eigenvalue weighted by atomic mass is 16.2. The maximum atomic E-state index is 11.7. The molecule has 0 aliphatic carbocycles. The number of carbonyl (C=O) groups excluding carboxylic acids is 1. The van der Waals surface area contributed by atoms with Crippen molar-refractivity contribution in [2.24, 2.45) is 5.10 Å². The largest absolute Gasteiger partial charge is 0.289 e. The molecule has 0 fully saturated rings. The first-order chi connectivity index (χ1) is 9.75. The first kappa shape index (κ1) is 13.9. The van der Waals surface area contributed by atoms with Crippen molar-refractivity contribution < 1.29 is 4.79 Å². The van der Waals surface area contributed by atoms with Gasteiger partial charge in [0.2, 0.25) is 0 Å². The Bertz CT molecular complexity index is 579. The second kappa shape index (κ2) is 7.19. The number of aryl methyl sites for hydroxylation is 1. The van der Waals surface area contributed by atoms with Crippen molar-refractivity contribution in [3.63, 3.8) is 0 Å². The average molecular weight is 267 g/mol. The molecule has 1 aromatic heterocycles. The van der Waals surface area contributed by atoms with Crippen LogP contribution >= 0.6 is 0 Å². The van der Waals surface area contributed by atoms with Crippen molar-refractivity contribution >= 4 is 11.6 Å². The maximum absolute atomic E-state index is 11.7. The predicted octanol–water partition coefficient (Wildman–Crippen LogP) is 2.82. The number of pyridine rings is 1. The van der Waals surface area contributed by atoms with Gasteiger partial charge in [-0.1, -0.05) is 36.4 Å². The highest BCUT2D eigenvalue weighted by Gasteiger charge is 2.04. The second-order valence-electron chi connectivity index (χ2n) is 4.49. The molecule has 0 saturated carbocycles. The van der Waals surface area contributed by atoms with E-state index in [1.807, 2.05) is 25.1 Å². The summed E-state index contributed by atoms with van der Waals surface area (Å²) in [6, 6.07) is 15.4. The molecule has 102 valence electrons. The molecule has 2 aromatic rings. The molecule has 0 radical (unpaired) electrons. The second-order valence-corrected chi connectivity index (χ2v) is 4.49. The van der Waals surface area contributed by atoms with Gasteiger partial charge in [-0.05, 0) is 37.5 Å². The topological polar surface area (TPSA) is 54.4 Å². The number of amides is 1. The van der Waals surface area contributed by atoms with Gasteiger partial charge in [0.1, 0.15) is 5.69 Å². The van der Waals surface area contributed by atoms with Crippen molar-refractivity contribution in [2.75, 3.05) is 0 Å². The monoisotopic (exact) mass is 267 g/mol. The van der Waals surface area contributed by atoms with Crippen LogP contribution in [0.4, 0.5) is 0 Å². The smallest absolute Gasteiger partial charge is 0.266 e. The van der Waals surface area contributed by atoms with Gasteiger partial charge in [0.15, 0.2) is 0 Å². The van der Waals surface area contributed by atoms with Crippen LogP contribution in [0.5, 0.6) is 0 Å². The van der Waals surface area contributed by atoms with E-state index in [0.29, 0.717) is 5.69 Å². The highest BCUT2D eigenvalue weighted by molar-refractivity contribution is 5.93. The van der Waals surface area contributed by atoms with E-state index in [1.54, 1.807) is 24.4 Å². The Balaban J connectivity index is 1.84. The summed E-state index contributed by atoms with van der Waals surface area (Å²) in [7, 11) is 0. The minimum atomic E-state index is -0.287. The molecule has 1 N–H and O–H groups in total. The molecule has 2 rings (SSSR count). The third kappa shape index (κ3) is 4.31. The van der Waals surface area contributed by atoms with Gasteiger partial charge in [0.25, 0.3) is 5.91 Å². The first-order valence-electron chi connectivity index (χ1n) is 6.54. The minimum Gasteiger partial charge on any atom is -0.266 e. The Morgan fingerprint density at radius 3 is 2.60 bits per heavy atom. The lowest BCUT2D eigenvalue weighted by Gasteiger charge is -2.03. The van der Waals surface area contributed by atoms with Gasteiger partial charge in [-0.2, -0.15) is 5.10 Å². The number of hydrazone groups is 1. The van der Waals surface area contributed by atoms with E-state index in [2.05, 4.69) is 27.6 Å².